The molecule has 0 fully saturated rings. The van der Waals surface area contributed by atoms with Crippen LogP contribution < -0.4 is 14.8 Å². The Morgan fingerprint density at radius 1 is 0.815 bits per heavy atom. The summed E-state index contributed by atoms with van der Waals surface area (Å²) in [5.41, 5.74) is 3.57. The molecule has 140 valence electrons. The van der Waals surface area contributed by atoms with Crippen LogP contribution in [0.25, 0.3) is 0 Å². The number of hydrogen-bond donors (Lipinski definition) is 2. The fraction of sp³-hybridized carbons (Fsp3) is 0.143. The molecule has 0 atom stereocenters. The lowest BCUT2D eigenvalue weighted by Gasteiger charge is -2.11. The van der Waals surface area contributed by atoms with Gasteiger partial charge in [-0.3, -0.25) is 4.72 Å². The molecule has 0 bridgehead atoms. The van der Waals surface area contributed by atoms with Crippen molar-refractivity contribution in [3.63, 3.8) is 0 Å². The van der Waals surface area contributed by atoms with E-state index in [9.17, 15) is 8.42 Å². The van der Waals surface area contributed by atoms with Gasteiger partial charge in [0.05, 0.1) is 12.0 Å². The maximum absolute atomic E-state index is 12.4. The number of methoxy groups -OCH3 is 1. The molecule has 3 rings (SSSR count). The minimum atomic E-state index is -3.59. The van der Waals surface area contributed by atoms with E-state index in [0.29, 0.717) is 12.2 Å². The third-order valence-corrected chi connectivity index (χ3v) is 5.52. The first-order valence-corrected chi connectivity index (χ1v) is 10.0. The third-order valence-electron chi connectivity index (χ3n) is 4.12. The van der Waals surface area contributed by atoms with Gasteiger partial charge in [-0.25, -0.2) is 8.42 Å². The van der Waals surface area contributed by atoms with Crippen molar-refractivity contribution in [1.82, 2.24) is 0 Å². The highest BCUT2D eigenvalue weighted by Gasteiger charge is 2.13. The second kappa shape index (κ2) is 8.14. The maximum Gasteiger partial charge on any atom is 0.261 e. The van der Waals surface area contributed by atoms with Crippen LogP contribution in [0.4, 0.5) is 11.4 Å². The van der Waals surface area contributed by atoms with Crippen molar-refractivity contribution in [3.05, 3.63) is 83.9 Å². The fourth-order valence-electron chi connectivity index (χ4n) is 2.54. The zero-order valence-corrected chi connectivity index (χ0v) is 16.1. The molecule has 0 aliphatic rings. The number of rotatable bonds is 7. The van der Waals surface area contributed by atoms with Crippen molar-refractivity contribution in [2.45, 2.75) is 18.4 Å². The van der Waals surface area contributed by atoms with Crippen molar-refractivity contribution in [3.8, 4) is 5.75 Å². The summed E-state index contributed by atoms with van der Waals surface area (Å²) in [5.74, 6) is 0.823. The average Bonchev–Trinajstić information content (AvgIpc) is 2.68. The fourth-order valence-corrected chi connectivity index (χ4v) is 3.59. The lowest BCUT2D eigenvalue weighted by Crippen LogP contribution is -2.12. The van der Waals surface area contributed by atoms with E-state index in [-0.39, 0.29) is 4.90 Å². The summed E-state index contributed by atoms with van der Waals surface area (Å²) >= 11 is 0. The van der Waals surface area contributed by atoms with Crippen LogP contribution in [0.15, 0.2) is 77.7 Å². The van der Waals surface area contributed by atoms with Crippen LogP contribution in [0, 0.1) is 6.92 Å². The largest absolute Gasteiger partial charge is 0.497 e. The number of hydrogen-bond acceptors (Lipinski definition) is 4. The molecule has 0 saturated carbocycles. The van der Waals surface area contributed by atoms with E-state index in [1.54, 1.807) is 43.5 Å². The van der Waals surface area contributed by atoms with Gasteiger partial charge in [-0.05, 0) is 61.0 Å². The molecule has 0 aliphatic heterocycles. The van der Waals surface area contributed by atoms with E-state index in [1.807, 2.05) is 43.3 Å². The van der Waals surface area contributed by atoms with E-state index in [4.69, 9.17) is 4.74 Å². The smallest absolute Gasteiger partial charge is 0.261 e. The molecule has 3 aromatic rings. The minimum absolute atomic E-state index is 0.245. The Morgan fingerprint density at radius 2 is 1.41 bits per heavy atom. The van der Waals surface area contributed by atoms with Gasteiger partial charge in [-0.2, -0.15) is 0 Å². The van der Waals surface area contributed by atoms with Crippen LogP contribution in [0.1, 0.15) is 11.1 Å². The Labute approximate surface area is 160 Å². The molecular weight excluding hydrogens is 360 g/mol. The van der Waals surface area contributed by atoms with Crippen LogP contribution in [0.2, 0.25) is 0 Å². The molecular formula is C21H22N2O3S. The molecule has 3 aromatic carbocycles. The molecule has 0 amide bonds. The van der Waals surface area contributed by atoms with Crippen molar-refractivity contribution in [2.75, 3.05) is 17.1 Å². The van der Waals surface area contributed by atoms with Crippen molar-refractivity contribution in [2.24, 2.45) is 0 Å². The summed E-state index contributed by atoms with van der Waals surface area (Å²) in [6.07, 6.45) is 0. The number of benzene rings is 3. The predicted octanol–water partition coefficient (Wildman–Crippen LogP) is 4.42. The van der Waals surface area contributed by atoms with Crippen molar-refractivity contribution in [1.29, 1.82) is 0 Å². The van der Waals surface area contributed by atoms with Gasteiger partial charge in [0.1, 0.15) is 5.75 Å². The number of aryl methyl sites for hydroxylation is 1. The number of nitrogens with one attached hydrogen (secondary N) is 2. The molecule has 27 heavy (non-hydrogen) atoms. The van der Waals surface area contributed by atoms with Gasteiger partial charge in [0.15, 0.2) is 0 Å². The van der Waals surface area contributed by atoms with Crippen molar-refractivity contribution >= 4 is 21.4 Å². The highest BCUT2D eigenvalue weighted by molar-refractivity contribution is 7.92. The van der Waals surface area contributed by atoms with Crippen LogP contribution in [-0.4, -0.2) is 15.5 Å². The number of sulfonamides is 1. The molecule has 2 N–H and O–H groups in total. The van der Waals surface area contributed by atoms with Gasteiger partial charge >= 0.3 is 0 Å². The topological polar surface area (TPSA) is 67.4 Å². The third kappa shape index (κ3) is 5.01. The van der Waals surface area contributed by atoms with E-state index < -0.39 is 10.0 Å². The van der Waals surface area contributed by atoms with Crippen LogP contribution in [-0.2, 0) is 16.6 Å². The molecule has 0 saturated heterocycles. The summed E-state index contributed by atoms with van der Waals surface area (Å²) in [6, 6.07) is 21.7. The minimum Gasteiger partial charge on any atom is -0.497 e. The van der Waals surface area contributed by atoms with Crippen LogP contribution in [0.5, 0.6) is 5.75 Å². The highest BCUT2D eigenvalue weighted by atomic mass is 32.2. The monoisotopic (exact) mass is 382 g/mol. The SMILES string of the molecule is COc1ccc(CNc2ccc(NS(=O)(=O)c3ccc(C)cc3)cc2)cc1. The molecule has 0 radical (unpaired) electrons. The second-order valence-electron chi connectivity index (χ2n) is 6.20. The molecule has 0 unspecified atom stereocenters. The molecule has 0 spiro atoms. The zero-order valence-electron chi connectivity index (χ0n) is 15.3. The van der Waals surface area contributed by atoms with Gasteiger partial charge in [-0.15, -0.1) is 0 Å². The lowest BCUT2D eigenvalue weighted by atomic mass is 10.2. The van der Waals surface area contributed by atoms with Gasteiger partial charge in [0.2, 0.25) is 0 Å². The summed E-state index contributed by atoms with van der Waals surface area (Å²) in [6.45, 7) is 2.58. The first-order valence-electron chi connectivity index (χ1n) is 8.53. The standard InChI is InChI=1S/C21H22N2O3S/c1-16-3-13-21(14-4-16)27(24,25)23-19-9-7-18(8-10-19)22-15-17-5-11-20(26-2)12-6-17/h3-14,22-23H,15H2,1-2H3. The average molecular weight is 382 g/mol. The number of ether oxygens (including phenoxy) is 1. The first-order chi connectivity index (χ1) is 13.0. The van der Waals surface area contributed by atoms with Gasteiger partial charge in [0, 0.05) is 17.9 Å². The molecule has 5 nitrogen and oxygen atoms in total. The van der Waals surface area contributed by atoms with E-state index in [2.05, 4.69) is 10.0 Å². The Hall–Kier alpha value is -2.99. The van der Waals surface area contributed by atoms with E-state index in [1.165, 1.54) is 0 Å². The Kier molecular flexibility index (Phi) is 5.66. The Bertz CT molecular complexity index is 981. The highest BCUT2D eigenvalue weighted by Crippen LogP contribution is 2.19. The first kappa shape index (κ1) is 18.8. The summed E-state index contributed by atoms with van der Waals surface area (Å²) in [5, 5.41) is 3.31. The van der Waals surface area contributed by atoms with Crippen molar-refractivity contribution < 1.29 is 13.2 Å². The van der Waals surface area contributed by atoms with Gasteiger partial charge in [0.25, 0.3) is 10.0 Å². The van der Waals surface area contributed by atoms with E-state index >= 15 is 0 Å². The summed E-state index contributed by atoms with van der Waals surface area (Å²) < 4.78 is 32.6. The van der Waals surface area contributed by atoms with Crippen LogP contribution in [0.3, 0.4) is 0 Å². The quantitative estimate of drug-likeness (QED) is 0.635. The molecule has 0 aromatic heterocycles. The van der Waals surface area contributed by atoms with E-state index in [0.717, 1.165) is 22.6 Å². The summed E-state index contributed by atoms with van der Waals surface area (Å²) in [4.78, 5) is 0.245. The number of anilines is 2. The molecule has 0 aliphatic carbocycles. The Balaban J connectivity index is 1.61. The van der Waals surface area contributed by atoms with Gasteiger partial charge in [-0.1, -0.05) is 29.8 Å². The normalized spacial score (nSPS) is 11.0. The lowest BCUT2D eigenvalue weighted by molar-refractivity contribution is 0.414. The molecule has 0 heterocycles. The Morgan fingerprint density at radius 3 is 2.00 bits per heavy atom. The van der Waals surface area contributed by atoms with Crippen LogP contribution >= 0.6 is 0 Å². The second-order valence-corrected chi connectivity index (χ2v) is 7.88. The predicted molar refractivity (Wildman–Crippen MR) is 109 cm³/mol. The zero-order chi connectivity index (χ0) is 19.3. The summed E-state index contributed by atoms with van der Waals surface area (Å²) in [7, 11) is -1.95. The maximum atomic E-state index is 12.4. The molecule has 6 heteroatoms. The van der Waals surface area contributed by atoms with Gasteiger partial charge < -0.3 is 10.1 Å².